The number of aryl methyl sites for hydroxylation is 1. The molecule has 0 aromatic heterocycles. The topological polar surface area (TPSA) is 65.1 Å². The number of morpholine rings is 1. The molecule has 0 unspecified atom stereocenters. The Hall–Kier alpha value is -2.90. The van der Waals surface area contributed by atoms with E-state index >= 15 is 0 Å². The van der Waals surface area contributed by atoms with Gasteiger partial charge in [0.25, 0.3) is 5.91 Å². The van der Waals surface area contributed by atoms with Gasteiger partial charge in [0.1, 0.15) is 0 Å². The fraction of sp³-hybridized carbons (Fsp3) is 0.440. The molecule has 0 aliphatic carbocycles. The summed E-state index contributed by atoms with van der Waals surface area (Å²) in [6.45, 7) is 8.77. The lowest BCUT2D eigenvalue weighted by atomic mass is 10.1. The lowest BCUT2D eigenvalue weighted by Crippen LogP contribution is -2.49. The maximum atomic E-state index is 13.2. The number of anilines is 1. The van der Waals surface area contributed by atoms with Gasteiger partial charge in [0.15, 0.2) is 0 Å². The molecule has 0 atom stereocenters. The summed E-state index contributed by atoms with van der Waals surface area (Å²) in [6.07, 6.45) is 0.896. The van der Waals surface area contributed by atoms with E-state index in [2.05, 4.69) is 35.3 Å². The molecular formula is C25H32N4O3. The number of carbonyl (C=O) groups is 2. The van der Waals surface area contributed by atoms with Crippen LogP contribution in [0.1, 0.15) is 27.9 Å². The van der Waals surface area contributed by atoms with Crippen molar-refractivity contribution >= 4 is 17.6 Å². The van der Waals surface area contributed by atoms with Crippen LogP contribution in [0.4, 0.5) is 10.5 Å². The highest BCUT2D eigenvalue weighted by Gasteiger charge is 2.27. The first-order valence-electron chi connectivity index (χ1n) is 11.4. The van der Waals surface area contributed by atoms with Crippen molar-refractivity contribution in [3.8, 4) is 0 Å². The van der Waals surface area contributed by atoms with Crippen LogP contribution in [0.5, 0.6) is 0 Å². The number of ether oxygens (including phenoxy) is 1. The first kappa shape index (κ1) is 22.3. The van der Waals surface area contributed by atoms with E-state index in [4.69, 9.17) is 4.74 Å². The van der Waals surface area contributed by atoms with Gasteiger partial charge in [-0.05, 0) is 37.1 Å². The third-order valence-corrected chi connectivity index (χ3v) is 6.00. The van der Waals surface area contributed by atoms with E-state index in [1.54, 1.807) is 11.0 Å². The summed E-state index contributed by atoms with van der Waals surface area (Å²) in [5.74, 6) is -0.110. The molecule has 2 aliphatic heterocycles. The summed E-state index contributed by atoms with van der Waals surface area (Å²) < 4.78 is 5.36. The molecule has 0 saturated carbocycles. The van der Waals surface area contributed by atoms with Crippen LogP contribution >= 0.6 is 0 Å². The zero-order valence-electron chi connectivity index (χ0n) is 18.8. The largest absolute Gasteiger partial charge is 0.379 e. The molecule has 2 aliphatic rings. The Morgan fingerprint density at radius 1 is 1.03 bits per heavy atom. The normalized spacial score (nSPS) is 17.5. The number of rotatable bonds is 7. The summed E-state index contributed by atoms with van der Waals surface area (Å²) in [7, 11) is 0. The van der Waals surface area contributed by atoms with Crippen LogP contribution in [0.25, 0.3) is 0 Å². The van der Waals surface area contributed by atoms with Crippen molar-refractivity contribution in [1.29, 1.82) is 0 Å². The molecule has 0 radical (unpaired) electrons. The zero-order valence-corrected chi connectivity index (χ0v) is 18.8. The molecule has 0 spiro atoms. The Bertz CT molecular complexity index is 942. The van der Waals surface area contributed by atoms with Gasteiger partial charge in [-0.2, -0.15) is 0 Å². The molecule has 2 aromatic rings. The quantitative estimate of drug-likeness (QED) is 0.725. The van der Waals surface area contributed by atoms with Crippen LogP contribution in [0.15, 0.2) is 48.5 Å². The second-order valence-electron chi connectivity index (χ2n) is 8.46. The van der Waals surface area contributed by atoms with Gasteiger partial charge in [-0.3, -0.25) is 14.6 Å². The molecule has 4 rings (SSSR count). The summed E-state index contributed by atoms with van der Waals surface area (Å²) in [6, 6.07) is 15.6. The standard InChI is InChI=1S/C25H32N4O3/c1-20-5-2-6-21(17-20)19-28-10-4-11-29(25(28)31)23-8-3-7-22(18-23)24(30)26-9-12-27-13-15-32-16-14-27/h2-3,5-8,17-18H,4,9-16,19H2,1H3,(H,26,30). The minimum atomic E-state index is -0.110. The molecule has 2 saturated heterocycles. The fourth-order valence-electron chi connectivity index (χ4n) is 4.27. The summed E-state index contributed by atoms with van der Waals surface area (Å²) >= 11 is 0. The minimum Gasteiger partial charge on any atom is -0.379 e. The molecule has 3 amide bonds. The summed E-state index contributed by atoms with van der Waals surface area (Å²) in [5.41, 5.74) is 3.67. The van der Waals surface area contributed by atoms with Gasteiger partial charge in [-0.25, -0.2) is 4.79 Å². The summed E-state index contributed by atoms with van der Waals surface area (Å²) in [5, 5.41) is 3.00. The molecule has 170 valence electrons. The first-order valence-corrected chi connectivity index (χ1v) is 11.4. The van der Waals surface area contributed by atoms with E-state index in [-0.39, 0.29) is 11.9 Å². The van der Waals surface area contributed by atoms with Crippen molar-refractivity contribution < 1.29 is 14.3 Å². The molecule has 0 bridgehead atoms. The van der Waals surface area contributed by atoms with Gasteiger partial charge in [0, 0.05) is 57.1 Å². The monoisotopic (exact) mass is 436 g/mol. The lowest BCUT2D eigenvalue weighted by molar-refractivity contribution is 0.0383. The Labute approximate surface area is 189 Å². The predicted octanol–water partition coefficient (Wildman–Crippen LogP) is 2.89. The fourth-order valence-corrected chi connectivity index (χ4v) is 4.27. The van der Waals surface area contributed by atoms with Crippen LogP contribution in [0.3, 0.4) is 0 Å². The van der Waals surface area contributed by atoms with Crippen LogP contribution in [-0.2, 0) is 11.3 Å². The number of urea groups is 1. The predicted molar refractivity (Wildman–Crippen MR) is 125 cm³/mol. The number of hydrogen-bond acceptors (Lipinski definition) is 4. The number of nitrogens with one attached hydrogen (secondary N) is 1. The Kier molecular flexibility index (Phi) is 7.39. The van der Waals surface area contributed by atoms with Gasteiger partial charge in [0.2, 0.25) is 0 Å². The van der Waals surface area contributed by atoms with E-state index in [1.807, 2.05) is 29.2 Å². The number of amides is 3. The zero-order chi connectivity index (χ0) is 22.3. The molecular weight excluding hydrogens is 404 g/mol. The van der Waals surface area contributed by atoms with Crippen LogP contribution in [0.2, 0.25) is 0 Å². The van der Waals surface area contributed by atoms with E-state index in [0.29, 0.717) is 25.2 Å². The van der Waals surface area contributed by atoms with E-state index in [0.717, 1.165) is 57.1 Å². The van der Waals surface area contributed by atoms with Crippen LogP contribution < -0.4 is 10.2 Å². The Morgan fingerprint density at radius 2 is 1.84 bits per heavy atom. The molecule has 32 heavy (non-hydrogen) atoms. The van der Waals surface area contributed by atoms with Gasteiger partial charge in [0.05, 0.1) is 13.2 Å². The second kappa shape index (κ2) is 10.6. The Balaban J connectivity index is 1.37. The van der Waals surface area contributed by atoms with E-state index < -0.39 is 0 Å². The van der Waals surface area contributed by atoms with E-state index in [1.165, 1.54) is 5.56 Å². The molecule has 2 heterocycles. The van der Waals surface area contributed by atoms with Crippen molar-refractivity contribution in [2.75, 3.05) is 57.4 Å². The highest BCUT2D eigenvalue weighted by atomic mass is 16.5. The molecule has 7 nitrogen and oxygen atoms in total. The SMILES string of the molecule is Cc1cccc(CN2CCCN(c3cccc(C(=O)NCCN4CCOCC4)c3)C2=O)c1. The highest BCUT2D eigenvalue weighted by Crippen LogP contribution is 2.23. The van der Waals surface area contributed by atoms with Gasteiger partial charge in [-0.1, -0.05) is 35.9 Å². The smallest absolute Gasteiger partial charge is 0.324 e. The van der Waals surface area contributed by atoms with Crippen molar-refractivity contribution in [1.82, 2.24) is 15.1 Å². The van der Waals surface area contributed by atoms with Crippen molar-refractivity contribution in [3.63, 3.8) is 0 Å². The maximum absolute atomic E-state index is 13.2. The van der Waals surface area contributed by atoms with Gasteiger partial charge in [-0.15, -0.1) is 0 Å². The molecule has 7 heteroatoms. The second-order valence-corrected chi connectivity index (χ2v) is 8.46. The van der Waals surface area contributed by atoms with Crippen molar-refractivity contribution in [2.45, 2.75) is 19.9 Å². The minimum absolute atomic E-state index is 0.0115. The lowest BCUT2D eigenvalue weighted by Gasteiger charge is -2.36. The first-order chi connectivity index (χ1) is 15.6. The Morgan fingerprint density at radius 3 is 2.66 bits per heavy atom. The molecule has 2 fully saturated rings. The maximum Gasteiger partial charge on any atom is 0.324 e. The molecule has 2 aromatic carbocycles. The van der Waals surface area contributed by atoms with Crippen molar-refractivity contribution in [2.24, 2.45) is 0 Å². The third-order valence-electron chi connectivity index (χ3n) is 6.00. The van der Waals surface area contributed by atoms with Crippen LogP contribution in [0, 0.1) is 6.92 Å². The van der Waals surface area contributed by atoms with E-state index in [9.17, 15) is 9.59 Å². The van der Waals surface area contributed by atoms with Gasteiger partial charge >= 0.3 is 6.03 Å². The number of nitrogens with zero attached hydrogens (tertiary/aromatic N) is 3. The number of carbonyl (C=O) groups excluding carboxylic acids is 2. The number of benzene rings is 2. The average Bonchev–Trinajstić information content (AvgIpc) is 2.81. The summed E-state index contributed by atoms with van der Waals surface area (Å²) in [4.78, 5) is 31.8. The van der Waals surface area contributed by atoms with Crippen LogP contribution in [-0.4, -0.2) is 74.2 Å². The average molecular weight is 437 g/mol. The van der Waals surface area contributed by atoms with Crippen molar-refractivity contribution in [3.05, 3.63) is 65.2 Å². The molecule has 1 N–H and O–H groups in total. The third kappa shape index (κ3) is 5.66. The highest BCUT2D eigenvalue weighted by molar-refractivity contribution is 5.98. The van der Waals surface area contributed by atoms with Gasteiger partial charge < -0.3 is 15.0 Å². The number of hydrogen-bond donors (Lipinski definition) is 1.